The average molecular weight is 459 g/mol. The fourth-order valence-electron chi connectivity index (χ4n) is 3.70. The molecule has 3 aromatic carbocycles. The molecule has 0 bridgehead atoms. The molecule has 1 heterocycles. The molecule has 0 aliphatic carbocycles. The third-order valence-corrected chi connectivity index (χ3v) is 6.87. The van der Waals surface area contributed by atoms with Crippen LogP contribution in [-0.2, 0) is 26.2 Å². The molecule has 4 aromatic rings. The molecule has 0 aliphatic heterocycles. The molecular weight excluding hydrogens is 432 g/mol. The number of carbonyl (C=O) groups excluding carboxylic acids is 2. The third-order valence-electron chi connectivity index (χ3n) is 5.83. The normalized spacial score (nSPS) is 12.8. The Kier molecular flexibility index (Phi) is 6.56. The van der Waals surface area contributed by atoms with E-state index in [9.17, 15) is 9.59 Å². The molecule has 1 atom stereocenters. The zero-order valence-corrected chi connectivity index (χ0v) is 19.7. The molecule has 0 fully saturated rings. The Hall–Kier alpha value is -3.51. The van der Waals surface area contributed by atoms with E-state index < -0.39 is 11.4 Å². The molecular formula is C27H26N2O3S. The van der Waals surface area contributed by atoms with Gasteiger partial charge in [-0.1, -0.05) is 48.5 Å². The van der Waals surface area contributed by atoms with Crippen LogP contribution in [0, 0.1) is 13.8 Å². The first-order valence-corrected chi connectivity index (χ1v) is 11.6. The van der Waals surface area contributed by atoms with E-state index in [0.717, 1.165) is 31.9 Å². The van der Waals surface area contributed by atoms with E-state index in [1.165, 1.54) is 0 Å². The van der Waals surface area contributed by atoms with Crippen molar-refractivity contribution in [1.29, 1.82) is 0 Å². The van der Waals surface area contributed by atoms with Crippen LogP contribution in [0.25, 0.3) is 10.2 Å². The van der Waals surface area contributed by atoms with Crippen LogP contribution in [0.15, 0.2) is 72.8 Å². The van der Waals surface area contributed by atoms with Gasteiger partial charge < -0.3 is 10.1 Å². The van der Waals surface area contributed by atoms with Crippen molar-refractivity contribution in [2.45, 2.75) is 32.6 Å². The monoisotopic (exact) mass is 458 g/mol. The number of anilines is 1. The summed E-state index contributed by atoms with van der Waals surface area (Å²) in [4.78, 5) is 30.5. The number of nitrogens with zero attached hydrogens (tertiary/aromatic N) is 1. The summed E-state index contributed by atoms with van der Waals surface area (Å²) in [7, 11) is 0. The Morgan fingerprint density at radius 1 is 0.970 bits per heavy atom. The number of nitrogens with one attached hydrogen (secondary N) is 1. The Morgan fingerprint density at radius 3 is 2.42 bits per heavy atom. The van der Waals surface area contributed by atoms with Crippen LogP contribution in [0.2, 0.25) is 0 Å². The minimum absolute atomic E-state index is 0.353. The zero-order valence-electron chi connectivity index (χ0n) is 18.9. The Balaban J connectivity index is 1.51. The first kappa shape index (κ1) is 22.7. The van der Waals surface area contributed by atoms with Crippen LogP contribution in [0.4, 0.5) is 5.69 Å². The van der Waals surface area contributed by atoms with Crippen molar-refractivity contribution in [2.75, 3.05) is 11.9 Å². The number of para-hydroxylation sites is 1. The molecule has 0 spiro atoms. The van der Waals surface area contributed by atoms with Gasteiger partial charge in [-0.25, -0.2) is 4.98 Å². The standard InChI is InChI=1S/C27H26N2O3S/c1-18-13-14-21(15-19(18)2)28-24(30)17-32-26(31)27(3,20-9-5-4-6-10-20)16-25-29-22-11-7-8-12-23(22)33-25/h4-15H,16-17H2,1-3H3,(H,28,30)/t27-/m1/s1. The number of hydrogen-bond acceptors (Lipinski definition) is 5. The van der Waals surface area contributed by atoms with E-state index in [0.29, 0.717) is 12.1 Å². The molecule has 0 saturated heterocycles. The topological polar surface area (TPSA) is 68.3 Å². The lowest BCUT2D eigenvalue weighted by Crippen LogP contribution is -2.38. The Bertz CT molecular complexity index is 1270. The number of hydrogen-bond donors (Lipinski definition) is 1. The van der Waals surface area contributed by atoms with E-state index in [2.05, 4.69) is 5.32 Å². The number of thiazole rings is 1. The summed E-state index contributed by atoms with van der Waals surface area (Å²) in [5.41, 5.74) is 3.66. The number of carbonyl (C=O) groups is 2. The van der Waals surface area contributed by atoms with Crippen LogP contribution >= 0.6 is 11.3 Å². The molecule has 5 nitrogen and oxygen atoms in total. The van der Waals surface area contributed by atoms with Gasteiger partial charge in [-0.2, -0.15) is 0 Å². The van der Waals surface area contributed by atoms with Gasteiger partial charge >= 0.3 is 5.97 Å². The number of rotatable bonds is 7. The van der Waals surface area contributed by atoms with Gasteiger partial charge in [0.05, 0.1) is 20.6 Å². The fourth-order valence-corrected chi connectivity index (χ4v) is 4.83. The van der Waals surface area contributed by atoms with Crippen LogP contribution in [0.5, 0.6) is 0 Å². The van der Waals surface area contributed by atoms with Gasteiger partial charge in [0, 0.05) is 12.1 Å². The van der Waals surface area contributed by atoms with Crippen molar-refractivity contribution in [1.82, 2.24) is 4.98 Å². The highest BCUT2D eigenvalue weighted by Gasteiger charge is 2.38. The minimum atomic E-state index is -0.976. The van der Waals surface area contributed by atoms with E-state index in [-0.39, 0.29) is 12.5 Å². The van der Waals surface area contributed by atoms with Crippen LogP contribution in [-0.4, -0.2) is 23.5 Å². The highest BCUT2D eigenvalue weighted by molar-refractivity contribution is 7.18. The third kappa shape index (κ3) is 5.12. The molecule has 33 heavy (non-hydrogen) atoms. The molecule has 0 radical (unpaired) electrons. The number of benzene rings is 3. The minimum Gasteiger partial charge on any atom is -0.455 e. The highest BCUT2D eigenvalue weighted by Crippen LogP contribution is 2.33. The number of fused-ring (bicyclic) bond motifs is 1. The van der Waals surface area contributed by atoms with Gasteiger partial charge in [-0.05, 0) is 61.7 Å². The smallest absolute Gasteiger partial charge is 0.317 e. The van der Waals surface area contributed by atoms with Crippen molar-refractivity contribution in [3.05, 3.63) is 94.5 Å². The molecule has 0 saturated carbocycles. The van der Waals surface area contributed by atoms with E-state index in [1.54, 1.807) is 11.3 Å². The zero-order chi connectivity index (χ0) is 23.4. The molecule has 6 heteroatoms. The summed E-state index contributed by atoms with van der Waals surface area (Å²) in [6.07, 6.45) is 0.383. The number of aryl methyl sites for hydroxylation is 2. The van der Waals surface area contributed by atoms with Crippen LogP contribution < -0.4 is 5.32 Å². The number of ether oxygens (including phenoxy) is 1. The number of amides is 1. The predicted octanol–water partition coefficient (Wildman–Crippen LogP) is 5.60. The predicted molar refractivity (Wildman–Crippen MR) is 133 cm³/mol. The SMILES string of the molecule is Cc1ccc(NC(=O)COC(=O)[C@](C)(Cc2nc3ccccc3s2)c2ccccc2)cc1C. The van der Waals surface area contributed by atoms with E-state index >= 15 is 0 Å². The first-order valence-electron chi connectivity index (χ1n) is 10.8. The molecule has 0 unspecified atom stereocenters. The number of aromatic nitrogens is 1. The van der Waals surface area contributed by atoms with E-state index in [1.807, 2.05) is 93.6 Å². The second kappa shape index (κ2) is 9.55. The molecule has 168 valence electrons. The Labute approximate surface area is 197 Å². The lowest BCUT2D eigenvalue weighted by atomic mass is 9.79. The van der Waals surface area contributed by atoms with Gasteiger partial charge in [0.15, 0.2) is 6.61 Å². The molecule has 1 amide bonds. The maximum atomic E-state index is 13.3. The second-order valence-electron chi connectivity index (χ2n) is 8.37. The van der Waals surface area contributed by atoms with Crippen LogP contribution in [0.1, 0.15) is 28.6 Å². The molecule has 1 N–H and O–H groups in total. The summed E-state index contributed by atoms with van der Waals surface area (Å²) in [6, 6.07) is 23.1. The lowest BCUT2D eigenvalue weighted by Gasteiger charge is -2.27. The van der Waals surface area contributed by atoms with Crippen molar-refractivity contribution >= 4 is 39.1 Å². The fraction of sp³-hybridized carbons (Fsp3) is 0.222. The summed E-state index contributed by atoms with van der Waals surface area (Å²) in [5, 5.41) is 3.64. The molecule has 4 rings (SSSR count). The summed E-state index contributed by atoms with van der Waals surface area (Å²) in [5.74, 6) is -0.829. The number of esters is 1. The van der Waals surface area contributed by atoms with Crippen molar-refractivity contribution in [2.24, 2.45) is 0 Å². The lowest BCUT2D eigenvalue weighted by molar-refractivity contribution is -0.153. The van der Waals surface area contributed by atoms with Crippen molar-refractivity contribution in [3.63, 3.8) is 0 Å². The maximum absolute atomic E-state index is 13.3. The van der Waals surface area contributed by atoms with Gasteiger partial charge in [0.2, 0.25) is 0 Å². The van der Waals surface area contributed by atoms with Gasteiger partial charge in [-0.15, -0.1) is 11.3 Å². The largest absolute Gasteiger partial charge is 0.455 e. The van der Waals surface area contributed by atoms with Gasteiger partial charge in [-0.3, -0.25) is 9.59 Å². The Morgan fingerprint density at radius 2 is 1.70 bits per heavy atom. The highest BCUT2D eigenvalue weighted by atomic mass is 32.1. The van der Waals surface area contributed by atoms with E-state index in [4.69, 9.17) is 9.72 Å². The second-order valence-corrected chi connectivity index (χ2v) is 9.49. The maximum Gasteiger partial charge on any atom is 0.317 e. The molecule has 0 aliphatic rings. The summed E-state index contributed by atoms with van der Waals surface area (Å²) >= 11 is 1.57. The van der Waals surface area contributed by atoms with Gasteiger partial charge in [0.25, 0.3) is 5.91 Å². The average Bonchev–Trinajstić information content (AvgIpc) is 3.22. The van der Waals surface area contributed by atoms with Crippen LogP contribution in [0.3, 0.4) is 0 Å². The quantitative estimate of drug-likeness (QED) is 0.366. The first-order chi connectivity index (χ1) is 15.8. The summed E-state index contributed by atoms with van der Waals surface area (Å²) in [6.45, 7) is 5.49. The van der Waals surface area contributed by atoms with Crippen molar-refractivity contribution < 1.29 is 14.3 Å². The van der Waals surface area contributed by atoms with Gasteiger partial charge in [0.1, 0.15) is 0 Å². The summed E-state index contributed by atoms with van der Waals surface area (Å²) < 4.78 is 6.59. The van der Waals surface area contributed by atoms with Crippen molar-refractivity contribution in [3.8, 4) is 0 Å². The molecule has 1 aromatic heterocycles.